The average molecular weight is 343 g/mol. The van der Waals surface area contributed by atoms with E-state index >= 15 is 0 Å². The molecular formula is C21H21N5. The standard InChI is InChI=1S/C21H21N5/c1-4-26(18-10-7-8-15(2)12-18)21-13-20(23-16(3)24-21)25-19-11-6-5-9-17(19)14-22/h5-13H,4H2,1-3H3,(H,23,24,25). The Bertz CT molecular complexity index is 959. The highest BCUT2D eigenvalue weighted by Crippen LogP contribution is 2.27. The Balaban J connectivity index is 1.98. The first-order chi connectivity index (χ1) is 12.6. The van der Waals surface area contributed by atoms with Crippen molar-refractivity contribution in [3.8, 4) is 6.07 Å². The Morgan fingerprint density at radius 2 is 1.85 bits per heavy atom. The van der Waals surface area contributed by atoms with Gasteiger partial charge in [0.1, 0.15) is 23.5 Å². The molecule has 0 aliphatic rings. The molecular weight excluding hydrogens is 322 g/mol. The molecule has 1 aromatic heterocycles. The third-order valence-corrected chi connectivity index (χ3v) is 4.04. The number of aryl methyl sites for hydroxylation is 2. The zero-order chi connectivity index (χ0) is 18.5. The maximum Gasteiger partial charge on any atom is 0.138 e. The topological polar surface area (TPSA) is 64.8 Å². The van der Waals surface area contributed by atoms with Crippen molar-refractivity contribution in [1.82, 2.24) is 9.97 Å². The third-order valence-electron chi connectivity index (χ3n) is 4.04. The minimum Gasteiger partial charge on any atom is -0.339 e. The van der Waals surface area contributed by atoms with Gasteiger partial charge in [0.25, 0.3) is 0 Å². The van der Waals surface area contributed by atoms with Crippen molar-refractivity contribution in [2.45, 2.75) is 20.8 Å². The summed E-state index contributed by atoms with van der Waals surface area (Å²) in [6, 6.07) is 19.8. The van der Waals surface area contributed by atoms with Crippen LogP contribution in [0.5, 0.6) is 0 Å². The predicted octanol–water partition coefficient (Wildman–Crippen LogP) is 4.87. The lowest BCUT2D eigenvalue weighted by atomic mass is 10.2. The van der Waals surface area contributed by atoms with E-state index in [-0.39, 0.29) is 0 Å². The van der Waals surface area contributed by atoms with Gasteiger partial charge in [-0.2, -0.15) is 5.26 Å². The van der Waals surface area contributed by atoms with Crippen molar-refractivity contribution >= 4 is 23.0 Å². The van der Waals surface area contributed by atoms with E-state index in [0.717, 1.165) is 23.7 Å². The van der Waals surface area contributed by atoms with E-state index in [2.05, 4.69) is 58.3 Å². The number of hydrogen-bond donors (Lipinski definition) is 1. The summed E-state index contributed by atoms with van der Waals surface area (Å²) in [4.78, 5) is 11.2. The summed E-state index contributed by atoms with van der Waals surface area (Å²) in [5, 5.41) is 12.5. The molecule has 3 rings (SSSR count). The van der Waals surface area contributed by atoms with Crippen LogP contribution >= 0.6 is 0 Å². The minimum atomic E-state index is 0.580. The van der Waals surface area contributed by atoms with Gasteiger partial charge in [-0.15, -0.1) is 0 Å². The SMILES string of the molecule is CCN(c1cccc(C)c1)c1cc(Nc2ccccc2C#N)nc(C)n1. The molecule has 0 aliphatic heterocycles. The van der Waals surface area contributed by atoms with Gasteiger partial charge in [-0.3, -0.25) is 0 Å². The van der Waals surface area contributed by atoms with E-state index in [1.54, 1.807) is 6.07 Å². The quantitative estimate of drug-likeness (QED) is 0.716. The molecule has 0 fully saturated rings. The summed E-state index contributed by atoms with van der Waals surface area (Å²) < 4.78 is 0. The van der Waals surface area contributed by atoms with Crippen molar-refractivity contribution in [3.63, 3.8) is 0 Å². The molecule has 0 bridgehead atoms. The van der Waals surface area contributed by atoms with E-state index in [1.807, 2.05) is 37.3 Å². The molecule has 1 N–H and O–H groups in total. The van der Waals surface area contributed by atoms with Crippen LogP contribution < -0.4 is 10.2 Å². The zero-order valence-electron chi connectivity index (χ0n) is 15.2. The summed E-state index contributed by atoms with van der Waals surface area (Å²) in [7, 11) is 0. The van der Waals surface area contributed by atoms with Crippen molar-refractivity contribution < 1.29 is 0 Å². The van der Waals surface area contributed by atoms with E-state index < -0.39 is 0 Å². The maximum atomic E-state index is 9.28. The number of nitrogens with one attached hydrogen (secondary N) is 1. The van der Waals surface area contributed by atoms with Crippen LogP contribution in [0.1, 0.15) is 23.9 Å². The Hall–Kier alpha value is -3.39. The number of nitriles is 1. The lowest BCUT2D eigenvalue weighted by molar-refractivity contribution is 0.952. The van der Waals surface area contributed by atoms with E-state index in [4.69, 9.17) is 0 Å². The Morgan fingerprint density at radius 3 is 2.58 bits per heavy atom. The first-order valence-electron chi connectivity index (χ1n) is 8.56. The molecule has 3 aromatic rings. The van der Waals surface area contributed by atoms with Gasteiger partial charge in [-0.25, -0.2) is 9.97 Å². The summed E-state index contributed by atoms with van der Waals surface area (Å²) >= 11 is 0. The number of aromatic nitrogens is 2. The molecule has 0 atom stereocenters. The number of rotatable bonds is 5. The molecule has 0 saturated carbocycles. The molecule has 0 unspecified atom stereocenters. The maximum absolute atomic E-state index is 9.28. The molecule has 1 heterocycles. The van der Waals surface area contributed by atoms with Crippen molar-refractivity contribution in [1.29, 1.82) is 5.26 Å². The molecule has 0 spiro atoms. The van der Waals surface area contributed by atoms with E-state index in [9.17, 15) is 5.26 Å². The lowest BCUT2D eigenvalue weighted by Gasteiger charge is -2.23. The van der Waals surface area contributed by atoms with Crippen molar-refractivity contribution in [3.05, 3.63) is 71.5 Å². The molecule has 0 amide bonds. The number of hydrogen-bond acceptors (Lipinski definition) is 5. The summed E-state index contributed by atoms with van der Waals surface area (Å²) in [5.74, 6) is 2.16. The second kappa shape index (κ2) is 7.66. The Kier molecular flexibility index (Phi) is 5.14. The molecule has 26 heavy (non-hydrogen) atoms. The van der Waals surface area contributed by atoms with Gasteiger partial charge >= 0.3 is 0 Å². The van der Waals surface area contributed by atoms with Crippen LogP contribution in [0.25, 0.3) is 0 Å². The van der Waals surface area contributed by atoms with Crippen molar-refractivity contribution in [2.24, 2.45) is 0 Å². The first-order valence-corrected chi connectivity index (χ1v) is 8.56. The van der Waals surface area contributed by atoms with Crippen LogP contribution in [0.15, 0.2) is 54.6 Å². The van der Waals surface area contributed by atoms with Gasteiger partial charge in [-0.1, -0.05) is 24.3 Å². The fraction of sp³-hybridized carbons (Fsp3) is 0.190. The van der Waals surface area contributed by atoms with Crippen LogP contribution in [0.3, 0.4) is 0 Å². The zero-order valence-corrected chi connectivity index (χ0v) is 15.2. The Labute approximate surface area is 154 Å². The van der Waals surface area contributed by atoms with Gasteiger partial charge in [0, 0.05) is 18.3 Å². The van der Waals surface area contributed by atoms with Gasteiger partial charge in [0.15, 0.2) is 0 Å². The number of para-hydroxylation sites is 1. The number of nitrogens with zero attached hydrogens (tertiary/aromatic N) is 4. The highest BCUT2D eigenvalue weighted by Gasteiger charge is 2.12. The van der Waals surface area contributed by atoms with Gasteiger partial charge < -0.3 is 10.2 Å². The van der Waals surface area contributed by atoms with Crippen LogP contribution in [0.4, 0.5) is 23.0 Å². The van der Waals surface area contributed by atoms with Gasteiger partial charge in [0.2, 0.25) is 0 Å². The highest BCUT2D eigenvalue weighted by atomic mass is 15.2. The minimum absolute atomic E-state index is 0.580. The fourth-order valence-corrected chi connectivity index (χ4v) is 2.85. The second-order valence-corrected chi connectivity index (χ2v) is 6.02. The fourth-order valence-electron chi connectivity index (χ4n) is 2.85. The summed E-state index contributed by atoms with van der Waals surface area (Å²) in [6.07, 6.45) is 0. The third kappa shape index (κ3) is 3.81. The highest BCUT2D eigenvalue weighted by molar-refractivity contribution is 5.68. The van der Waals surface area contributed by atoms with Crippen LogP contribution in [0.2, 0.25) is 0 Å². The molecule has 5 nitrogen and oxygen atoms in total. The number of anilines is 4. The van der Waals surface area contributed by atoms with Crippen LogP contribution in [0, 0.1) is 25.2 Å². The Morgan fingerprint density at radius 1 is 1.04 bits per heavy atom. The normalized spacial score (nSPS) is 10.2. The molecule has 0 radical (unpaired) electrons. The summed E-state index contributed by atoms with van der Waals surface area (Å²) in [5.41, 5.74) is 3.61. The van der Waals surface area contributed by atoms with E-state index in [0.29, 0.717) is 17.2 Å². The average Bonchev–Trinajstić information content (AvgIpc) is 2.62. The monoisotopic (exact) mass is 343 g/mol. The van der Waals surface area contributed by atoms with Crippen LogP contribution in [-0.4, -0.2) is 16.5 Å². The van der Waals surface area contributed by atoms with Crippen molar-refractivity contribution in [2.75, 3.05) is 16.8 Å². The molecule has 0 aliphatic carbocycles. The molecule has 2 aromatic carbocycles. The van der Waals surface area contributed by atoms with Gasteiger partial charge in [-0.05, 0) is 50.6 Å². The number of benzene rings is 2. The first kappa shape index (κ1) is 17.4. The summed E-state index contributed by atoms with van der Waals surface area (Å²) in [6.45, 7) is 6.83. The molecule has 0 saturated heterocycles. The molecule has 5 heteroatoms. The predicted molar refractivity (Wildman–Crippen MR) is 105 cm³/mol. The van der Waals surface area contributed by atoms with Crippen LogP contribution in [-0.2, 0) is 0 Å². The molecule has 130 valence electrons. The smallest absolute Gasteiger partial charge is 0.138 e. The second-order valence-electron chi connectivity index (χ2n) is 6.02. The lowest BCUT2D eigenvalue weighted by Crippen LogP contribution is -2.18. The van der Waals surface area contributed by atoms with Gasteiger partial charge in [0.05, 0.1) is 11.3 Å². The largest absolute Gasteiger partial charge is 0.339 e. The van der Waals surface area contributed by atoms with E-state index in [1.165, 1.54) is 5.56 Å².